The second kappa shape index (κ2) is 13.2. The lowest BCUT2D eigenvalue weighted by molar-refractivity contribution is -0.148. The van der Waals surface area contributed by atoms with Crippen LogP contribution in [0.2, 0.25) is 0 Å². The number of carbonyl (C=O) groups excluding carboxylic acids is 3. The quantitative estimate of drug-likeness (QED) is 0.261. The normalized spacial score (nSPS) is 13.3. The SMILES string of the molecule is C=Cc1cccc(C(C(=O)Nc2ccc3ccccc3c2)N(C(=O)C(NC(=O)OC(C)(C)C)C(C)C)C(C)(C)CC)c1. The Bertz CT molecular complexity index is 1440. The number of fused-ring (bicyclic) bond motifs is 1. The molecule has 0 aliphatic carbocycles. The summed E-state index contributed by atoms with van der Waals surface area (Å²) in [6.45, 7) is 18.8. The summed E-state index contributed by atoms with van der Waals surface area (Å²) in [6.07, 6.45) is 1.59. The maximum atomic E-state index is 14.5. The van der Waals surface area contributed by atoms with Gasteiger partial charge in [-0.25, -0.2) is 4.79 Å². The van der Waals surface area contributed by atoms with E-state index < -0.39 is 29.3 Å². The monoisotopic (exact) mass is 571 g/mol. The molecule has 3 aromatic carbocycles. The van der Waals surface area contributed by atoms with Gasteiger partial charge < -0.3 is 20.3 Å². The third-order valence-corrected chi connectivity index (χ3v) is 7.35. The summed E-state index contributed by atoms with van der Waals surface area (Å²) in [5.74, 6) is -1.00. The van der Waals surface area contributed by atoms with E-state index in [1.807, 2.05) is 101 Å². The molecule has 2 unspecified atom stereocenters. The van der Waals surface area contributed by atoms with Crippen LogP contribution in [0.1, 0.15) is 79.0 Å². The van der Waals surface area contributed by atoms with Gasteiger partial charge >= 0.3 is 6.09 Å². The highest BCUT2D eigenvalue weighted by Gasteiger charge is 2.44. The predicted octanol–water partition coefficient (Wildman–Crippen LogP) is 7.73. The summed E-state index contributed by atoms with van der Waals surface area (Å²) in [7, 11) is 0. The van der Waals surface area contributed by atoms with Crippen molar-refractivity contribution in [3.63, 3.8) is 0 Å². The van der Waals surface area contributed by atoms with Crippen molar-refractivity contribution >= 4 is 40.4 Å². The number of hydrogen-bond donors (Lipinski definition) is 2. The van der Waals surface area contributed by atoms with Gasteiger partial charge in [-0.05, 0) is 87.1 Å². The van der Waals surface area contributed by atoms with Crippen LogP contribution < -0.4 is 10.6 Å². The minimum Gasteiger partial charge on any atom is -0.444 e. The van der Waals surface area contributed by atoms with E-state index in [4.69, 9.17) is 4.74 Å². The summed E-state index contributed by atoms with van der Waals surface area (Å²) in [6, 6.07) is 19.2. The number of rotatable bonds is 10. The molecule has 7 nitrogen and oxygen atoms in total. The molecule has 3 rings (SSSR count). The van der Waals surface area contributed by atoms with Crippen LogP contribution in [-0.4, -0.2) is 40.0 Å². The van der Waals surface area contributed by atoms with E-state index in [-0.39, 0.29) is 17.7 Å². The highest BCUT2D eigenvalue weighted by Crippen LogP contribution is 2.34. The Morgan fingerprint density at radius 2 is 1.60 bits per heavy atom. The number of anilines is 1. The molecular weight excluding hydrogens is 526 g/mol. The lowest BCUT2D eigenvalue weighted by Crippen LogP contribution is -2.60. The van der Waals surface area contributed by atoms with Crippen LogP contribution in [0.3, 0.4) is 0 Å². The highest BCUT2D eigenvalue weighted by atomic mass is 16.6. The Morgan fingerprint density at radius 3 is 2.19 bits per heavy atom. The van der Waals surface area contributed by atoms with E-state index in [0.717, 1.165) is 16.3 Å². The van der Waals surface area contributed by atoms with Gasteiger partial charge in [-0.1, -0.05) is 82.0 Å². The minimum atomic E-state index is -1.000. The highest BCUT2D eigenvalue weighted by molar-refractivity contribution is 6.00. The number of ether oxygens (including phenoxy) is 1. The lowest BCUT2D eigenvalue weighted by atomic mass is 9.90. The number of amides is 3. The molecule has 0 fully saturated rings. The molecule has 0 saturated heterocycles. The van der Waals surface area contributed by atoms with Crippen LogP contribution in [-0.2, 0) is 14.3 Å². The zero-order valence-electron chi connectivity index (χ0n) is 26.2. The molecule has 0 saturated carbocycles. The van der Waals surface area contributed by atoms with Crippen LogP contribution >= 0.6 is 0 Å². The average molecular weight is 572 g/mol. The molecule has 3 amide bonds. The Labute approximate surface area is 250 Å². The fourth-order valence-electron chi connectivity index (χ4n) is 4.79. The summed E-state index contributed by atoms with van der Waals surface area (Å²) >= 11 is 0. The van der Waals surface area contributed by atoms with Crippen molar-refractivity contribution < 1.29 is 19.1 Å². The molecule has 0 aromatic heterocycles. The van der Waals surface area contributed by atoms with Crippen molar-refractivity contribution in [3.8, 4) is 0 Å². The van der Waals surface area contributed by atoms with Gasteiger partial charge in [0, 0.05) is 11.2 Å². The Balaban J connectivity index is 2.13. The number of hydrogen-bond acceptors (Lipinski definition) is 4. The molecule has 0 spiro atoms. The second-order valence-corrected chi connectivity index (χ2v) is 12.6. The molecule has 7 heteroatoms. The Hall–Kier alpha value is -4.13. The molecule has 2 N–H and O–H groups in total. The summed E-state index contributed by atoms with van der Waals surface area (Å²) in [5, 5.41) is 7.91. The molecule has 0 aliphatic rings. The molecule has 0 heterocycles. The molecule has 2 atom stereocenters. The minimum absolute atomic E-state index is 0.274. The Morgan fingerprint density at radius 1 is 0.929 bits per heavy atom. The molecule has 0 radical (unpaired) electrons. The van der Waals surface area contributed by atoms with Gasteiger partial charge in [-0.15, -0.1) is 0 Å². The third-order valence-electron chi connectivity index (χ3n) is 7.35. The molecule has 0 aliphatic heterocycles. The van der Waals surface area contributed by atoms with Gasteiger partial charge in [0.1, 0.15) is 17.7 Å². The van der Waals surface area contributed by atoms with Crippen molar-refractivity contribution in [2.24, 2.45) is 5.92 Å². The van der Waals surface area contributed by atoms with Crippen LogP contribution in [0.4, 0.5) is 10.5 Å². The molecule has 0 bridgehead atoms. The van der Waals surface area contributed by atoms with E-state index in [0.29, 0.717) is 17.7 Å². The average Bonchev–Trinajstić information content (AvgIpc) is 2.92. The van der Waals surface area contributed by atoms with Crippen molar-refractivity contribution in [3.05, 3.63) is 84.4 Å². The molecule has 42 heavy (non-hydrogen) atoms. The van der Waals surface area contributed by atoms with Crippen LogP contribution in [0.5, 0.6) is 0 Å². The van der Waals surface area contributed by atoms with Crippen LogP contribution in [0.25, 0.3) is 16.8 Å². The molecule has 3 aromatic rings. The van der Waals surface area contributed by atoms with E-state index in [2.05, 4.69) is 17.2 Å². The smallest absolute Gasteiger partial charge is 0.408 e. The van der Waals surface area contributed by atoms with Crippen molar-refractivity contribution in [2.45, 2.75) is 85.0 Å². The fourth-order valence-corrected chi connectivity index (χ4v) is 4.79. The van der Waals surface area contributed by atoms with Gasteiger partial charge in [0.2, 0.25) is 5.91 Å². The van der Waals surface area contributed by atoms with Crippen LogP contribution in [0, 0.1) is 5.92 Å². The summed E-state index contributed by atoms with van der Waals surface area (Å²) < 4.78 is 5.49. The number of benzene rings is 3. The Kier molecular flexibility index (Phi) is 10.2. The molecular formula is C35H45N3O4. The number of nitrogens with zero attached hydrogens (tertiary/aromatic N) is 1. The standard InChI is InChI=1S/C35H45N3O4/c1-10-24-15-14-18-27(21-24)30(31(39)36-28-20-19-25-16-12-13-17-26(25)22-28)38(35(8,9)11-2)32(40)29(23(3)4)37-33(41)42-34(5,6)7/h10,12-23,29-30H,1,11H2,2-9H3,(H,36,39)(H,37,41). The fraction of sp³-hybridized carbons (Fsp3) is 0.400. The van der Waals surface area contributed by atoms with E-state index in [9.17, 15) is 14.4 Å². The maximum absolute atomic E-state index is 14.5. The number of nitrogens with one attached hydrogen (secondary N) is 2. The lowest BCUT2D eigenvalue weighted by Gasteiger charge is -2.45. The second-order valence-electron chi connectivity index (χ2n) is 12.6. The third kappa shape index (κ3) is 7.99. The number of alkyl carbamates (subject to hydrolysis) is 1. The first-order chi connectivity index (χ1) is 19.7. The zero-order chi connectivity index (χ0) is 31.2. The van der Waals surface area contributed by atoms with Crippen LogP contribution in [0.15, 0.2) is 73.3 Å². The zero-order valence-corrected chi connectivity index (χ0v) is 26.2. The summed E-state index contributed by atoms with van der Waals surface area (Å²) in [4.78, 5) is 43.3. The van der Waals surface area contributed by atoms with Gasteiger partial charge in [-0.3, -0.25) is 9.59 Å². The largest absolute Gasteiger partial charge is 0.444 e. The first-order valence-electron chi connectivity index (χ1n) is 14.5. The van der Waals surface area contributed by atoms with Crippen molar-refractivity contribution in [1.82, 2.24) is 10.2 Å². The first-order valence-corrected chi connectivity index (χ1v) is 14.5. The van der Waals surface area contributed by atoms with Crippen molar-refractivity contribution in [1.29, 1.82) is 0 Å². The maximum Gasteiger partial charge on any atom is 0.408 e. The summed E-state index contributed by atoms with van der Waals surface area (Å²) in [5.41, 5.74) is 0.600. The predicted molar refractivity (Wildman–Crippen MR) is 171 cm³/mol. The van der Waals surface area contributed by atoms with Crippen molar-refractivity contribution in [2.75, 3.05) is 5.32 Å². The topological polar surface area (TPSA) is 87.7 Å². The van der Waals surface area contributed by atoms with Gasteiger partial charge in [0.25, 0.3) is 5.91 Å². The first kappa shape index (κ1) is 32.4. The number of carbonyl (C=O) groups is 3. The van der Waals surface area contributed by atoms with Gasteiger partial charge in [-0.2, -0.15) is 0 Å². The van der Waals surface area contributed by atoms with E-state index in [1.165, 1.54) is 0 Å². The molecule has 224 valence electrons. The van der Waals surface area contributed by atoms with E-state index >= 15 is 0 Å². The van der Waals surface area contributed by atoms with Gasteiger partial charge in [0.05, 0.1) is 0 Å². The van der Waals surface area contributed by atoms with E-state index in [1.54, 1.807) is 31.7 Å². The van der Waals surface area contributed by atoms with Gasteiger partial charge in [0.15, 0.2) is 0 Å².